The predicted octanol–water partition coefficient (Wildman–Crippen LogP) is 2.27. The van der Waals surface area contributed by atoms with Crippen LogP contribution in [0.25, 0.3) is 0 Å². The van der Waals surface area contributed by atoms with Gasteiger partial charge in [-0.1, -0.05) is 13.0 Å². The molecule has 2 rings (SSSR count). The summed E-state index contributed by atoms with van der Waals surface area (Å²) in [5, 5.41) is 6.04. The lowest BCUT2D eigenvalue weighted by Crippen LogP contribution is -2.26. The Hall–Kier alpha value is -2.43. The van der Waals surface area contributed by atoms with Crippen LogP contribution < -0.4 is 10.6 Å². The maximum atomic E-state index is 12.0. The van der Waals surface area contributed by atoms with Crippen molar-refractivity contribution in [3.05, 3.63) is 54.0 Å². The minimum Gasteiger partial charge on any atom is -0.370 e. The first-order valence-electron chi connectivity index (χ1n) is 7.17. The molecule has 0 bridgehead atoms. The average molecular weight is 284 g/mol. The summed E-state index contributed by atoms with van der Waals surface area (Å²) in [5.41, 5.74) is 1.54. The summed E-state index contributed by atoms with van der Waals surface area (Å²) in [6.07, 6.45) is 5.10. The average Bonchev–Trinajstić information content (AvgIpc) is 2.54. The topological polar surface area (TPSA) is 66.9 Å². The Balaban J connectivity index is 1.80. The van der Waals surface area contributed by atoms with E-state index in [-0.39, 0.29) is 5.91 Å². The summed E-state index contributed by atoms with van der Waals surface area (Å²) in [7, 11) is 0. The molecule has 5 heteroatoms. The number of pyridine rings is 2. The third kappa shape index (κ3) is 4.87. The van der Waals surface area contributed by atoms with Crippen molar-refractivity contribution < 1.29 is 4.79 Å². The van der Waals surface area contributed by atoms with Crippen molar-refractivity contribution in [2.24, 2.45) is 0 Å². The molecule has 5 nitrogen and oxygen atoms in total. The molecule has 0 fully saturated rings. The van der Waals surface area contributed by atoms with Crippen molar-refractivity contribution in [2.75, 3.05) is 18.4 Å². The second kappa shape index (κ2) is 7.99. The molecule has 0 aromatic carbocycles. The van der Waals surface area contributed by atoms with Crippen LogP contribution in [0.2, 0.25) is 0 Å². The molecule has 2 heterocycles. The molecule has 2 aromatic heterocycles. The summed E-state index contributed by atoms with van der Waals surface area (Å²) in [4.78, 5) is 20.4. The van der Waals surface area contributed by atoms with E-state index in [1.165, 1.54) is 0 Å². The zero-order valence-electron chi connectivity index (χ0n) is 12.2. The standard InChI is InChI=1S/C16H20N4O/c1-2-9-18-15-7-6-13(12-20-15)16(21)19-11-8-14-5-3-4-10-17-14/h3-7,10,12H,2,8-9,11H2,1H3,(H,18,20)(H,19,21). The van der Waals surface area contributed by atoms with Crippen molar-refractivity contribution in [1.82, 2.24) is 15.3 Å². The summed E-state index contributed by atoms with van der Waals surface area (Å²) in [6, 6.07) is 9.37. The highest BCUT2D eigenvalue weighted by Crippen LogP contribution is 2.05. The molecular weight excluding hydrogens is 264 g/mol. The minimum atomic E-state index is -0.111. The van der Waals surface area contributed by atoms with Crippen molar-refractivity contribution in [3.8, 4) is 0 Å². The molecule has 0 atom stereocenters. The maximum Gasteiger partial charge on any atom is 0.252 e. The number of amides is 1. The molecule has 0 aliphatic rings. The Morgan fingerprint density at radius 1 is 1.14 bits per heavy atom. The van der Waals surface area contributed by atoms with Gasteiger partial charge in [-0.05, 0) is 30.7 Å². The molecule has 0 saturated carbocycles. The van der Waals surface area contributed by atoms with Crippen LogP contribution in [0.5, 0.6) is 0 Å². The number of nitrogens with one attached hydrogen (secondary N) is 2. The summed E-state index contributed by atoms with van der Waals surface area (Å²) in [5.74, 6) is 0.683. The van der Waals surface area contributed by atoms with Gasteiger partial charge in [0.15, 0.2) is 0 Å². The largest absolute Gasteiger partial charge is 0.370 e. The number of carbonyl (C=O) groups excluding carboxylic acids is 1. The van der Waals surface area contributed by atoms with Crippen molar-refractivity contribution in [1.29, 1.82) is 0 Å². The second-order valence-electron chi connectivity index (χ2n) is 4.69. The van der Waals surface area contributed by atoms with Crippen molar-refractivity contribution in [2.45, 2.75) is 19.8 Å². The monoisotopic (exact) mass is 284 g/mol. The van der Waals surface area contributed by atoms with Crippen LogP contribution in [0.3, 0.4) is 0 Å². The van der Waals surface area contributed by atoms with Gasteiger partial charge in [-0.3, -0.25) is 9.78 Å². The number of aromatic nitrogens is 2. The Morgan fingerprint density at radius 3 is 2.71 bits per heavy atom. The summed E-state index contributed by atoms with van der Waals surface area (Å²) in [6.45, 7) is 3.53. The van der Waals surface area contributed by atoms with Crippen LogP contribution in [-0.2, 0) is 6.42 Å². The van der Waals surface area contributed by atoms with Crippen LogP contribution >= 0.6 is 0 Å². The van der Waals surface area contributed by atoms with Gasteiger partial charge >= 0.3 is 0 Å². The first-order valence-corrected chi connectivity index (χ1v) is 7.17. The van der Waals surface area contributed by atoms with Gasteiger partial charge in [-0.2, -0.15) is 0 Å². The fraction of sp³-hybridized carbons (Fsp3) is 0.312. The third-order valence-electron chi connectivity index (χ3n) is 2.97. The highest BCUT2D eigenvalue weighted by atomic mass is 16.1. The molecule has 0 radical (unpaired) electrons. The van der Waals surface area contributed by atoms with Crippen LogP contribution in [0.15, 0.2) is 42.7 Å². The van der Waals surface area contributed by atoms with E-state index < -0.39 is 0 Å². The third-order valence-corrected chi connectivity index (χ3v) is 2.97. The van der Waals surface area contributed by atoms with Gasteiger partial charge in [0.2, 0.25) is 0 Å². The zero-order chi connectivity index (χ0) is 14.9. The number of hydrogen-bond donors (Lipinski definition) is 2. The molecule has 0 spiro atoms. The van der Waals surface area contributed by atoms with Crippen LogP contribution in [0.1, 0.15) is 29.4 Å². The lowest BCUT2D eigenvalue weighted by molar-refractivity contribution is 0.0954. The van der Waals surface area contributed by atoms with Gasteiger partial charge in [-0.25, -0.2) is 4.98 Å². The van der Waals surface area contributed by atoms with E-state index in [1.54, 1.807) is 18.5 Å². The molecule has 1 amide bonds. The molecule has 0 unspecified atom stereocenters. The highest BCUT2D eigenvalue weighted by molar-refractivity contribution is 5.94. The number of hydrogen-bond acceptors (Lipinski definition) is 4. The van der Waals surface area contributed by atoms with Gasteiger partial charge < -0.3 is 10.6 Å². The molecule has 2 aromatic rings. The van der Waals surface area contributed by atoms with E-state index in [2.05, 4.69) is 27.5 Å². The molecule has 110 valence electrons. The quantitative estimate of drug-likeness (QED) is 0.818. The van der Waals surface area contributed by atoms with Crippen LogP contribution in [-0.4, -0.2) is 29.0 Å². The van der Waals surface area contributed by atoms with Crippen molar-refractivity contribution in [3.63, 3.8) is 0 Å². The van der Waals surface area contributed by atoms with Gasteiger partial charge in [0.05, 0.1) is 5.56 Å². The Labute approximate surface area is 124 Å². The lowest BCUT2D eigenvalue weighted by atomic mass is 10.2. The van der Waals surface area contributed by atoms with E-state index in [0.717, 1.165) is 30.9 Å². The Bertz CT molecular complexity index is 554. The first kappa shape index (κ1) is 15.0. The lowest BCUT2D eigenvalue weighted by Gasteiger charge is -2.06. The SMILES string of the molecule is CCCNc1ccc(C(=O)NCCc2ccccn2)cn1. The number of rotatable bonds is 7. The molecular formula is C16H20N4O. The molecule has 21 heavy (non-hydrogen) atoms. The molecule has 2 N–H and O–H groups in total. The van der Waals surface area contributed by atoms with E-state index in [1.807, 2.05) is 24.3 Å². The zero-order valence-corrected chi connectivity index (χ0v) is 12.2. The van der Waals surface area contributed by atoms with E-state index in [0.29, 0.717) is 12.1 Å². The van der Waals surface area contributed by atoms with E-state index in [4.69, 9.17) is 0 Å². The van der Waals surface area contributed by atoms with Crippen LogP contribution in [0, 0.1) is 0 Å². The first-order chi connectivity index (χ1) is 10.3. The predicted molar refractivity (Wildman–Crippen MR) is 83.3 cm³/mol. The normalized spacial score (nSPS) is 10.1. The smallest absolute Gasteiger partial charge is 0.252 e. The summed E-state index contributed by atoms with van der Waals surface area (Å²) >= 11 is 0. The summed E-state index contributed by atoms with van der Waals surface area (Å²) < 4.78 is 0. The molecule has 0 aliphatic heterocycles. The number of anilines is 1. The number of nitrogens with zero attached hydrogens (tertiary/aromatic N) is 2. The van der Waals surface area contributed by atoms with Gasteiger partial charge in [0.1, 0.15) is 5.82 Å². The van der Waals surface area contributed by atoms with Crippen LogP contribution in [0.4, 0.5) is 5.82 Å². The fourth-order valence-electron chi connectivity index (χ4n) is 1.84. The molecule has 0 aliphatic carbocycles. The van der Waals surface area contributed by atoms with Gasteiger partial charge in [-0.15, -0.1) is 0 Å². The van der Waals surface area contributed by atoms with Crippen molar-refractivity contribution >= 4 is 11.7 Å². The minimum absolute atomic E-state index is 0.111. The highest BCUT2D eigenvalue weighted by Gasteiger charge is 2.05. The van der Waals surface area contributed by atoms with Gasteiger partial charge in [0.25, 0.3) is 5.91 Å². The maximum absolute atomic E-state index is 12.0. The number of carbonyl (C=O) groups is 1. The fourth-order valence-corrected chi connectivity index (χ4v) is 1.84. The molecule has 0 saturated heterocycles. The Kier molecular flexibility index (Phi) is 5.70. The van der Waals surface area contributed by atoms with E-state index >= 15 is 0 Å². The van der Waals surface area contributed by atoms with Gasteiger partial charge in [0, 0.05) is 37.6 Å². The Morgan fingerprint density at radius 2 is 2.05 bits per heavy atom. The van der Waals surface area contributed by atoms with E-state index in [9.17, 15) is 4.79 Å². The second-order valence-corrected chi connectivity index (χ2v) is 4.69.